The van der Waals surface area contributed by atoms with Crippen LogP contribution in [0, 0.1) is 5.92 Å². The molecule has 3 nitrogen and oxygen atoms in total. The van der Waals surface area contributed by atoms with Crippen LogP contribution in [0.15, 0.2) is 42.0 Å². The molecule has 2 unspecified atom stereocenters. The molecule has 0 aromatic heterocycles. The molecule has 1 aliphatic carbocycles. The highest BCUT2D eigenvalue weighted by Gasteiger charge is 2.28. The summed E-state index contributed by atoms with van der Waals surface area (Å²) in [6.45, 7) is 6.32. The maximum absolute atomic E-state index is 12.1. The number of carbonyl (C=O) groups is 1. The average molecular weight is 298 g/mol. The zero-order valence-corrected chi connectivity index (χ0v) is 13.6. The third kappa shape index (κ3) is 3.77. The topological polar surface area (TPSA) is 32.3 Å². The molecule has 1 aromatic carbocycles. The Morgan fingerprint density at radius 3 is 2.68 bits per heavy atom. The molecule has 1 aliphatic heterocycles. The smallest absolute Gasteiger partial charge is 0.244 e. The summed E-state index contributed by atoms with van der Waals surface area (Å²) in [5.74, 6) is 0.757. The van der Waals surface area contributed by atoms with Gasteiger partial charge in [-0.15, -0.1) is 0 Å². The van der Waals surface area contributed by atoms with E-state index in [0.29, 0.717) is 12.0 Å². The van der Waals surface area contributed by atoms with Gasteiger partial charge in [0.1, 0.15) is 0 Å². The molecule has 2 fully saturated rings. The number of hydrogen-bond donors (Lipinski definition) is 1. The lowest BCUT2D eigenvalue weighted by molar-refractivity contribution is -0.117. The number of hydrogen-bond acceptors (Lipinski definition) is 2. The molecule has 22 heavy (non-hydrogen) atoms. The van der Waals surface area contributed by atoms with Gasteiger partial charge in [-0.2, -0.15) is 0 Å². The molecule has 118 valence electrons. The van der Waals surface area contributed by atoms with Crippen molar-refractivity contribution < 1.29 is 4.79 Å². The van der Waals surface area contributed by atoms with Gasteiger partial charge in [0.15, 0.2) is 0 Å². The Balaban J connectivity index is 1.51. The Morgan fingerprint density at radius 2 is 2.00 bits per heavy atom. The van der Waals surface area contributed by atoms with E-state index < -0.39 is 0 Å². The van der Waals surface area contributed by atoms with Crippen LogP contribution in [0.25, 0.3) is 0 Å². The van der Waals surface area contributed by atoms with Crippen molar-refractivity contribution in [2.45, 2.75) is 45.2 Å². The maximum atomic E-state index is 12.1. The van der Waals surface area contributed by atoms with Crippen molar-refractivity contribution in [3.05, 3.63) is 47.5 Å². The quantitative estimate of drug-likeness (QED) is 0.846. The monoisotopic (exact) mass is 298 g/mol. The summed E-state index contributed by atoms with van der Waals surface area (Å²) in [6.07, 6.45) is 5.35. The maximum Gasteiger partial charge on any atom is 0.244 e. The molecule has 0 spiro atoms. The Hall–Kier alpha value is -1.61. The second-order valence-corrected chi connectivity index (χ2v) is 6.74. The van der Waals surface area contributed by atoms with Gasteiger partial charge in [0.25, 0.3) is 0 Å². The van der Waals surface area contributed by atoms with Gasteiger partial charge in [-0.25, -0.2) is 0 Å². The first-order valence-corrected chi connectivity index (χ1v) is 8.41. The molecule has 1 heterocycles. The van der Waals surface area contributed by atoms with Crippen LogP contribution >= 0.6 is 0 Å². The molecule has 2 aliphatic rings. The Morgan fingerprint density at radius 1 is 1.27 bits per heavy atom. The molecule has 3 heteroatoms. The van der Waals surface area contributed by atoms with Crippen molar-refractivity contribution in [3.63, 3.8) is 0 Å². The summed E-state index contributed by atoms with van der Waals surface area (Å²) in [4.78, 5) is 14.5. The van der Waals surface area contributed by atoms with Crippen molar-refractivity contribution in [1.29, 1.82) is 0 Å². The van der Waals surface area contributed by atoms with E-state index in [0.717, 1.165) is 19.5 Å². The summed E-state index contributed by atoms with van der Waals surface area (Å²) >= 11 is 0. The number of nitrogens with one attached hydrogen (secondary N) is 1. The van der Waals surface area contributed by atoms with Gasteiger partial charge in [0, 0.05) is 31.2 Å². The number of allylic oxidation sites excluding steroid dienone is 1. The lowest BCUT2D eigenvalue weighted by Gasteiger charge is -2.24. The van der Waals surface area contributed by atoms with Gasteiger partial charge in [-0.1, -0.05) is 35.9 Å². The summed E-state index contributed by atoms with van der Waals surface area (Å²) < 4.78 is 0. The van der Waals surface area contributed by atoms with E-state index in [9.17, 15) is 4.79 Å². The lowest BCUT2D eigenvalue weighted by atomic mass is 10.1. The zero-order chi connectivity index (χ0) is 15.5. The van der Waals surface area contributed by atoms with Crippen LogP contribution in [0.3, 0.4) is 0 Å². The number of carbonyl (C=O) groups excluding carboxylic acids is 1. The van der Waals surface area contributed by atoms with Crippen LogP contribution in [-0.2, 0) is 4.79 Å². The Kier molecular flexibility index (Phi) is 4.63. The average Bonchev–Trinajstić information content (AvgIpc) is 3.28. The van der Waals surface area contributed by atoms with E-state index in [1.807, 2.05) is 0 Å². The number of nitrogens with zero attached hydrogens (tertiary/aromatic N) is 1. The van der Waals surface area contributed by atoms with Gasteiger partial charge < -0.3 is 5.32 Å². The molecule has 1 N–H and O–H groups in total. The number of likely N-dealkylation sites (tertiary alicyclic amines) is 1. The van der Waals surface area contributed by atoms with Gasteiger partial charge in [0.05, 0.1) is 0 Å². The van der Waals surface area contributed by atoms with Crippen molar-refractivity contribution in [3.8, 4) is 0 Å². The molecule has 3 rings (SSSR count). The highest BCUT2D eigenvalue weighted by molar-refractivity contribution is 5.88. The fraction of sp³-hybridized carbons (Fsp3) is 0.526. The first-order chi connectivity index (χ1) is 10.6. The molecular weight excluding hydrogens is 272 g/mol. The molecule has 1 saturated heterocycles. The minimum atomic E-state index is 0.0867. The van der Waals surface area contributed by atoms with E-state index >= 15 is 0 Å². The fourth-order valence-electron chi connectivity index (χ4n) is 3.31. The van der Waals surface area contributed by atoms with Crippen molar-refractivity contribution in [1.82, 2.24) is 10.2 Å². The van der Waals surface area contributed by atoms with Gasteiger partial charge >= 0.3 is 0 Å². The lowest BCUT2D eigenvalue weighted by Crippen LogP contribution is -2.36. The molecule has 0 radical (unpaired) electrons. The van der Waals surface area contributed by atoms with Crippen molar-refractivity contribution in [2.24, 2.45) is 5.92 Å². The normalized spacial score (nSPS) is 24.3. The molecule has 2 atom stereocenters. The molecular formula is C19H26N2O. The first kappa shape index (κ1) is 15.3. The number of benzene rings is 1. The second kappa shape index (κ2) is 6.66. The van der Waals surface area contributed by atoms with Crippen LogP contribution in [-0.4, -0.2) is 29.9 Å². The van der Waals surface area contributed by atoms with Gasteiger partial charge in [-0.3, -0.25) is 9.69 Å². The van der Waals surface area contributed by atoms with Crippen LogP contribution in [0.4, 0.5) is 0 Å². The highest BCUT2D eigenvalue weighted by Crippen LogP contribution is 2.35. The van der Waals surface area contributed by atoms with Crippen molar-refractivity contribution >= 4 is 5.91 Å². The Bertz CT molecular complexity index is 548. The Labute approximate surface area is 133 Å². The molecule has 0 bridgehead atoms. The molecule has 1 amide bonds. The molecule has 1 saturated carbocycles. The van der Waals surface area contributed by atoms with Crippen LogP contribution < -0.4 is 5.32 Å². The van der Waals surface area contributed by atoms with Crippen molar-refractivity contribution in [2.75, 3.05) is 13.1 Å². The van der Waals surface area contributed by atoms with Gasteiger partial charge in [-0.05, 0) is 44.6 Å². The summed E-state index contributed by atoms with van der Waals surface area (Å²) in [6, 6.07) is 11.3. The van der Waals surface area contributed by atoms with E-state index in [4.69, 9.17) is 0 Å². The van der Waals surface area contributed by atoms with Gasteiger partial charge in [0.2, 0.25) is 5.91 Å². The highest BCUT2D eigenvalue weighted by atomic mass is 16.1. The summed E-state index contributed by atoms with van der Waals surface area (Å²) in [5.41, 5.74) is 2.59. The minimum absolute atomic E-state index is 0.0867. The molecule has 1 aromatic rings. The summed E-state index contributed by atoms with van der Waals surface area (Å²) in [5, 5.41) is 3.17. The van der Waals surface area contributed by atoms with E-state index in [1.54, 1.807) is 6.08 Å². The van der Waals surface area contributed by atoms with E-state index in [-0.39, 0.29) is 11.9 Å². The predicted octanol–water partition coefficient (Wildman–Crippen LogP) is 3.29. The van der Waals surface area contributed by atoms with Crippen LogP contribution in [0.5, 0.6) is 0 Å². The van der Waals surface area contributed by atoms with Crippen LogP contribution in [0.2, 0.25) is 0 Å². The minimum Gasteiger partial charge on any atom is -0.348 e. The second-order valence-electron chi connectivity index (χ2n) is 6.74. The zero-order valence-electron chi connectivity index (χ0n) is 13.6. The fourth-order valence-corrected chi connectivity index (χ4v) is 3.31. The summed E-state index contributed by atoms with van der Waals surface area (Å²) in [7, 11) is 0. The standard InChI is InChI=1S/C19H26N2O/c1-14(16-8-9-16)12-19(22)20-18-10-11-21(13-18)15(2)17-6-4-3-5-7-17/h3-7,12,15-16,18H,8-11,13H2,1-2H3,(H,20,22)/b14-12+. The number of rotatable bonds is 5. The number of amides is 1. The third-order valence-corrected chi connectivity index (χ3v) is 4.98. The first-order valence-electron chi connectivity index (χ1n) is 8.41. The predicted molar refractivity (Wildman–Crippen MR) is 89.5 cm³/mol. The van der Waals surface area contributed by atoms with Crippen LogP contribution in [0.1, 0.15) is 44.7 Å². The largest absolute Gasteiger partial charge is 0.348 e. The van der Waals surface area contributed by atoms with E-state index in [1.165, 1.54) is 24.0 Å². The SMILES string of the molecule is C/C(=C\C(=O)NC1CCN(C(C)c2ccccc2)C1)C1CC1. The third-order valence-electron chi connectivity index (χ3n) is 4.98. The van der Waals surface area contributed by atoms with E-state index in [2.05, 4.69) is 54.4 Å².